The summed E-state index contributed by atoms with van der Waals surface area (Å²) < 4.78 is 0. The van der Waals surface area contributed by atoms with Crippen molar-refractivity contribution in [1.29, 1.82) is 0 Å². The van der Waals surface area contributed by atoms with Gasteiger partial charge in [0.05, 0.1) is 22.8 Å². The summed E-state index contributed by atoms with van der Waals surface area (Å²) >= 11 is 0. The van der Waals surface area contributed by atoms with Gasteiger partial charge in [-0.05, 0) is 157 Å². The Bertz CT molecular complexity index is 3200. The summed E-state index contributed by atoms with van der Waals surface area (Å²) in [5, 5.41) is 0. The molecule has 3 aromatic heterocycles. The number of fused-ring (bicyclic) bond motifs is 8. The molecule has 0 amide bonds. The summed E-state index contributed by atoms with van der Waals surface area (Å²) in [7, 11) is 0. The summed E-state index contributed by atoms with van der Waals surface area (Å²) in [6.45, 7) is 55.5. The van der Waals surface area contributed by atoms with Gasteiger partial charge in [-0.2, -0.15) is 0 Å². The van der Waals surface area contributed by atoms with Crippen molar-refractivity contribution in [3.63, 3.8) is 0 Å². The SMILES string of the molecule is CC(C)(C)c1cc(-c2c3nc(c(-c4cc(C(C)(C)C)cc(C(C)(C)C)c4)c4ccc([n-]4)c(-c4cc(C(C)(C)C)cc(C(C)(C)C)c4)c4nc(c(-c5cc(C(C)(C)C)cc(C(C)(C)C)c5)c5ccc2[n-]5)C=C4)C=C3)cc(C(C)(C)C)c1.[Pd+2]. The number of rotatable bonds is 4. The van der Waals surface area contributed by atoms with Gasteiger partial charge >= 0.3 is 20.4 Å². The third-order valence-corrected chi connectivity index (χ3v) is 16.4. The van der Waals surface area contributed by atoms with E-state index in [1.807, 2.05) is 0 Å². The van der Waals surface area contributed by atoms with E-state index in [2.05, 4.69) is 288 Å². The number of nitrogens with zero attached hydrogens (tertiary/aromatic N) is 4. The molecule has 0 fully saturated rings. The molecule has 0 saturated carbocycles. The molecule has 0 atom stereocenters. The van der Waals surface area contributed by atoms with Crippen molar-refractivity contribution in [1.82, 2.24) is 19.9 Å². The van der Waals surface area contributed by atoms with Gasteiger partial charge in [-0.1, -0.05) is 263 Å². The first-order valence-electron chi connectivity index (χ1n) is 29.4. The van der Waals surface area contributed by atoms with E-state index >= 15 is 0 Å². The van der Waals surface area contributed by atoms with Crippen molar-refractivity contribution >= 4 is 46.4 Å². The number of hydrogen-bond acceptors (Lipinski definition) is 2. The average molecular weight is 1170 g/mol. The van der Waals surface area contributed by atoms with Crippen molar-refractivity contribution in [3.8, 4) is 44.5 Å². The van der Waals surface area contributed by atoms with E-state index in [1.54, 1.807) is 0 Å². The van der Waals surface area contributed by atoms with E-state index in [0.717, 1.165) is 89.4 Å². The van der Waals surface area contributed by atoms with Gasteiger partial charge in [0, 0.05) is 0 Å². The molecule has 2 aliphatic heterocycles. The van der Waals surface area contributed by atoms with Crippen LogP contribution in [0.2, 0.25) is 0 Å². The molecule has 0 aliphatic carbocycles. The van der Waals surface area contributed by atoms with E-state index < -0.39 is 0 Å². The topological polar surface area (TPSA) is 54.0 Å². The molecule has 7 aromatic rings. The Hall–Kier alpha value is -5.86. The van der Waals surface area contributed by atoms with Crippen molar-refractivity contribution in [2.24, 2.45) is 0 Å². The molecule has 9 rings (SSSR count). The molecule has 8 bridgehead atoms. The smallest absolute Gasteiger partial charge is 0.657 e. The van der Waals surface area contributed by atoms with Crippen molar-refractivity contribution in [3.05, 3.63) is 164 Å². The third kappa shape index (κ3) is 12.7. The third-order valence-electron chi connectivity index (χ3n) is 16.4. The molecule has 0 saturated heterocycles. The van der Waals surface area contributed by atoms with Crippen molar-refractivity contribution in [2.75, 3.05) is 0 Å². The van der Waals surface area contributed by atoms with Crippen molar-refractivity contribution < 1.29 is 20.4 Å². The molecule has 0 unspecified atom stereocenters. The van der Waals surface area contributed by atoms with Gasteiger partial charge in [-0.3, -0.25) is 0 Å². The molecule has 0 spiro atoms. The fourth-order valence-corrected chi connectivity index (χ4v) is 10.8. The van der Waals surface area contributed by atoms with E-state index in [4.69, 9.17) is 19.9 Å². The first kappa shape index (κ1) is 61.2. The Kier molecular flexibility index (Phi) is 15.7. The molecule has 81 heavy (non-hydrogen) atoms. The normalized spacial score (nSPS) is 13.7. The van der Waals surface area contributed by atoms with Crippen molar-refractivity contribution in [2.45, 2.75) is 209 Å². The van der Waals surface area contributed by atoms with Crippen LogP contribution in [-0.2, 0) is 63.7 Å². The van der Waals surface area contributed by atoms with Gasteiger partial charge in [-0.25, -0.2) is 9.97 Å². The Morgan fingerprint density at radius 3 is 0.519 bits per heavy atom. The van der Waals surface area contributed by atoms with Gasteiger partial charge in [0.15, 0.2) is 0 Å². The Morgan fingerprint density at radius 2 is 0.383 bits per heavy atom. The maximum Gasteiger partial charge on any atom is 2.00 e. The van der Waals surface area contributed by atoms with Crippen LogP contribution >= 0.6 is 0 Å². The summed E-state index contributed by atoms with van der Waals surface area (Å²) in [6, 6.07) is 37.6. The Balaban J connectivity index is 0.00000860. The van der Waals surface area contributed by atoms with E-state index in [1.165, 1.54) is 44.5 Å². The van der Waals surface area contributed by atoms with E-state index in [9.17, 15) is 0 Å². The zero-order valence-electron chi connectivity index (χ0n) is 53.7. The summed E-state index contributed by atoms with van der Waals surface area (Å²) in [4.78, 5) is 23.3. The van der Waals surface area contributed by atoms with E-state index in [0.29, 0.717) is 0 Å². The minimum atomic E-state index is -0.113. The first-order chi connectivity index (χ1) is 36.6. The Labute approximate surface area is 501 Å². The fourth-order valence-electron chi connectivity index (χ4n) is 10.8. The van der Waals surface area contributed by atoms with Crippen LogP contribution in [0.3, 0.4) is 0 Å². The summed E-state index contributed by atoms with van der Waals surface area (Å²) in [5.41, 5.74) is 24.7. The molecule has 5 heterocycles. The predicted molar refractivity (Wildman–Crippen MR) is 348 cm³/mol. The van der Waals surface area contributed by atoms with Crippen LogP contribution in [0, 0.1) is 0 Å². The van der Waals surface area contributed by atoms with Crippen LogP contribution in [0.4, 0.5) is 0 Å². The standard InChI is InChI=1S/C76H92N4.Pd/c1-69(2,3)49-33-45(34-50(41-49)70(4,5)6)65-57-25-27-59(77-57)66(46-35-51(71(7,8)9)42-52(36-46)72(10,11)12)61-29-31-63(79-61)68(48-39-55(75(19,20)21)44-56(40-48)76(22,23)24)64-32-30-62(80-64)67(60-28-26-58(65)78-60)47-37-53(73(13,14)15)43-54(38-47)74(16,17)18;/h25-44H,1-24H3;/q-2;+2. The fraction of sp³-hybridized carbons (Fsp3) is 0.421. The predicted octanol–water partition coefficient (Wildman–Crippen LogP) is 21.0. The zero-order valence-corrected chi connectivity index (χ0v) is 55.2. The van der Waals surface area contributed by atoms with Crippen LogP contribution in [0.1, 0.15) is 233 Å². The Morgan fingerprint density at radius 1 is 0.235 bits per heavy atom. The van der Waals surface area contributed by atoms with Crippen LogP contribution in [0.25, 0.3) is 90.9 Å². The largest absolute Gasteiger partial charge is 2.00 e. The quantitative estimate of drug-likeness (QED) is 0.165. The van der Waals surface area contributed by atoms with Gasteiger partial charge < -0.3 is 9.97 Å². The summed E-state index contributed by atoms with van der Waals surface area (Å²) in [5.74, 6) is 0. The van der Waals surface area contributed by atoms with Gasteiger partial charge in [0.1, 0.15) is 0 Å². The summed E-state index contributed by atoms with van der Waals surface area (Å²) in [6.07, 6.45) is 8.89. The van der Waals surface area contributed by atoms with Gasteiger partial charge in [-0.15, -0.1) is 22.1 Å². The molecular weight excluding hydrogens is 1080 g/mol. The molecule has 4 nitrogen and oxygen atoms in total. The second-order valence-corrected chi connectivity index (χ2v) is 31.6. The van der Waals surface area contributed by atoms with Gasteiger partial charge in [0.25, 0.3) is 0 Å². The maximum atomic E-state index is 5.83. The first-order valence-corrected chi connectivity index (χ1v) is 29.4. The van der Waals surface area contributed by atoms with E-state index in [-0.39, 0.29) is 63.7 Å². The molecule has 426 valence electrons. The minimum absolute atomic E-state index is 0. The average Bonchev–Trinajstić information content (AvgIpc) is 4.17. The maximum absolute atomic E-state index is 5.83. The minimum Gasteiger partial charge on any atom is -0.657 e. The second kappa shape index (κ2) is 20.8. The number of hydrogen-bond donors (Lipinski definition) is 0. The van der Waals surface area contributed by atoms with Gasteiger partial charge in [0.2, 0.25) is 0 Å². The molecule has 0 radical (unpaired) electrons. The second-order valence-electron chi connectivity index (χ2n) is 31.6. The zero-order chi connectivity index (χ0) is 58.8. The molecule has 5 heteroatoms. The van der Waals surface area contributed by atoms with Crippen LogP contribution in [-0.4, -0.2) is 9.97 Å². The molecule has 2 aliphatic rings. The van der Waals surface area contributed by atoms with Crippen LogP contribution in [0.5, 0.6) is 0 Å². The molecule has 4 aromatic carbocycles. The number of benzene rings is 4. The molecule has 0 N–H and O–H groups in total. The molecular formula is C76H92N4Pd. The monoisotopic (exact) mass is 1170 g/mol. The van der Waals surface area contributed by atoms with Crippen LogP contribution < -0.4 is 9.97 Å². The number of aromatic nitrogens is 4. The van der Waals surface area contributed by atoms with Crippen LogP contribution in [0.15, 0.2) is 97.1 Å².